The van der Waals surface area contributed by atoms with E-state index in [1.54, 1.807) is 0 Å². The summed E-state index contributed by atoms with van der Waals surface area (Å²) in [4.78, 5) is 19.2. The van der Waals surface area contributed by atoms with Gasteiger partial charge < -0.3 is 5.32 Å². The first kappa shape index (κ1) is 19.6. The maximum atomic E-state index is 12.4. The maximum absolute atomic E-state index is 12.4. The molecule has 1 amide bonds. The van der Waals surface area contributed by atoms with Crippen molar-refractivity contribution in [2.24, 2.45) is 5.92 Å². The molecule has 4 nitrogen and oxygen atoms in total. The smallest absolute Gasteiger partial charge is 0.220 e. The number of likely N-dealkylation sites (tertiary alicyclic amines) is 1. The number of nitrogens with one attached hydrogen (secondary N) is 1. The molecule has 0 saturated carbocycles. The number of piperidine rings is 1. The molecule has 1 aliphatic heterocycles. The Labute approximate surface area is 163 Å². The molecule has 0 bridgehead atoms. The van der Waals surface area contributed by atoms with E-state index in [0.717, 1.165) is 51.0 Å². The Balaban J connectivity index is 1.33. The van der Waals surface area contributed by atoms with E-state index < -0.39 is 0 Å². The van der Waals surface area contributed by atoms with Crippen LogP contribution in [0.2, 0.25) is 0 Å². The van der Waals surface area contributed by atoms with Crippen LogP contribution >= 0.6 is 0 Å². The Hall–Kier alpha value is -2.20. The molecule has 4 heteroatoms. The molecule has 1 unspecified atom stereocenters. The van der Waals surface area contributed by atoms with E-state index in [9.17, 15) is 4.79 Å². The molecule has 1 atom stereocenters. The van der Waals surface area contributed by atoms with Crippen molar-refractivity contribution >= 4 is 5.91 Å². The third kappa shape index (κ3) is 6.79. The molecule has 0 radical (unpaired) electrons. The molecular weight excluding hydrogens is 334 g/mol. The SMILES string of the molecule is CC(CCc1ccccc1)CC(=O)NC1CCN(Cc2ccccn2)CC1. The van der Waals surface area contributed by atoms with Crippen LogP contribution in [0, 0.1) is 5.92 Å². The molecule has 0 spiro atoms. The zero-order valence-corrected chi connectivity index (χ0v) is 16.3. The van der Waals surface area contributed by atoms with Crippen LogP contribution in [0.1, 0.15) is 43.9 Å². The number of pyridine rings is 1. The first-order chi connectivity index (χ1) is 13.2. The predicted molar refractivity (Wildman–Crippen MR) is 109 cm³/mol. The summed E-state index contributed by atoms with van der Waals surface area (Å²) < 4.78 is 0. The van der Waals surface area contributed by atoms with Gasteiger partial charge in [0.15, 0.2) is 0 Å². The molecule has 1 aromatic heterocycles. The van der Waals surface area contributed by atoms with Gasteiger partial charge in [0.1, 0.15) is 0 Å². The molecule has 0 aliphatic carbocycles. The molecule has 2 aromatic rings. The summed E-state index contributed by atoms with van der Waals surface area (Å²) >= 11 is 0. The van der Waals surface area contributed by atoms with Gasteiger partial charge in [-0.25, -0.2) is 0 Å². The maximum Gasteiger partial charge on any atom is 0.220 e. The van der Waals surface area contributed by atoms with Crippen LogP contribution in [0.3, 0.4) is 0 Å². The molecule has 27 heavy (non-hydrogen) atoms. The van der Waals surface area contributed by atoms with E-state index in [-0.39, 0.29) is 5.91 Å². The Kier molecular flexibility index (Phi) is 7.40. The van der Waals surface area contributed by atoms with E-state index >= 15 is 0 Å². The van der Waals surface area contributed by atoms with Gasteiger partial charge in [0.05, 0.1) is 5.69 Å². The number of hydrogen-bond donors (Lipinski definition) is 1. The number of benzene rings is 1. The first-order valence-corrected chi connectivity index (χ1v) is 10.1. The highest BCUT2D eigenvalue weighted by Crippen LogP contribution is 2.15. The van der Waals surface area contributed by atoms with Crippen molar-refractivity contribution in [2.75, 3.05) is 13.1 Å². The van der Waals surface area contributed by atoms with Gasteiger partial charge in [0.2, 0.25) is 5.91 Å². The Morgan fingerprint density at radius 2 is 1.89 bits per heavy atom. The van der Waals surface area contributed by atoms with Crippen LogP contribution in [0.15, 0.2) is 54.7 Å². The number of carbonyl (C=O) groups is 1. The van der Waals surface area contributed by atoms with Gasteiger partial charge in [0, 0.05) is 38.3 Å². The third-order valence-corrected chi connectivity index (χ3v) is 5.37. The standard InChI is InChI=1S/C23H31N3O/c1-19(10-11-20-7-3-2-4-8-20)17-23(27)25-21-12-15-26(16-13-21)18-22-9-5-6-14-24-22/h2-9,14,19,21H,10-13,15-18H2,1H3,(H,25,27). The molecule has 1 N–H and O–H groups in total. The lowest BCUT2D eigenvalue weighted by molar-refractivity contribution is -0.123. The number of amides is 1. The lowest BCUT2D eigenvalue weighted by Crippen LogP contribution is -2.44. The van der Waals surface area contributed by atoms with Crippen LogP contribution in [-0.2, 0) is 17.8 Å². The second-order valence-electron chi connectivity index (χ2n) is 7.77. The number of rotatable bonds is 8. The van der Waals surface area contributed by atoms with Crippen LogP contribution in [-0.4, -0.2) is 34.9 Å². The third-order valence-electron chi connectivity index (χ3n) is 5.37. The van der Waals surface area contributed by atoms with Gasteiger partial charge in [0.25, 0.3) is 0 Å². The van der Waals surface area contributed by atoms with Gasteiger partial charge in [-0.3, -0.25) is 14.7 Å². The minimum Gasteiger partial charge on any atom is -0.353 e. The van der Waals surface area contributed by atoms with Crippen molar-refractivity contribution < 1.29 is 4.79 Å². The molecule has 144 valence electrons. The quantitative estimate of drug-likeness (QED) is 0.773. The number of carbonyl (C=O) groups excluding carboxylic acids is 1. The predicted octanol–water partition coefficient (Wildman–Crippen LogP) is 3.82. The highest BCUT2D eigenvalue weighted by molar-refractivity contribution is 5.76. The van der Waals surface area contributed by atoms with Crippen molar-refractivity contribution in [3.05, 3.63) is 66.0 Å². The zero-order chi connectivity index (χ0) is 18.9. The summed E-state index contributed by atoms with van der Waals surface area (Å²) in [5, 5.41) is 3.25. The molecule has 1 aliphatic rings. The van der Waals surface area contributed by atoms with Crippen LogP contribution in [0.25, 0.3) is 0 Å². The van der Waals surface area contributed by atoms with Crippen LogP contribution in [0.4, 0.5) is 0 Å². The number of aryl methyl sites for hydroxylation is 1. The molecular formula is C23H31N3O. The normalized spacial score (nSPS) is 16.8. The van der Waals surface area contributed by atoms with Crippen molar-refractivity contribution in [2.45, 2.75) is 51.6 Å². The van der Waals surface area contributed by atoms with Gasteiger partial charge in [-0.15, -0.1) is 0 Å². The van der Waals surface area contributed by atoms with Crippen LogP contribution in [0.5, 0.6) is 0 Å². The van der Waals surface area contributed by atoms with Crippen molar-refractivity contribution in [1.29, 1.82) is 0 Å². The number of nitrogens with zero attached hydrogens (tertiary/aromatic N) is 2. The van der Waals surface area contributed by atoms with Crippen molar-refractivity contribution in [1.82, 2.24) is 15.2 Å². The largest absolute Gasteiger partial charge is 0.353 e. The summed E-state index contributed by atoms with van der Waals surface area (Å²) in [5.41, 5.74) is 2.47. The van der Waals surface area contributed by atoms with E-state index in [2.05, 4.69) is 52.5 Å². The fraction of sp³-hybridized carbons (Fsp3) is 0.478. The molecule has 1 fully saturated rings. The monoisotopic (exact) mass is 365 g/mol. The number of aromatic nitrogens is 1. The van der Waals surface area contributed by atoms with E-state index in [4.69, 9.17) is 0 Å². The molecule has 3 rings (SSSR count). The van der Waals surface area contributed by atoms with Crippen molar-refractivity contribution in [3.8, 4) is 0 Å². The van der Waals surface area contributed by atoms with E-state index in [1.807, 2.05) is 24.4 Å². The lowest BCUT2D eigenvalue weighted by Gasteiger charge is -2.32. The number of hydrogen-bond acceptors (Lipinski definition) is 3. The Morgan fingerprint density at radius 3 is 2.59 bits per heavy atom. The van der Waals surface area contributed by atoms with Gasteiger partial charge >= 0.3 is 0 Å². The average Bonchev–Trinajstić information content (AvgIpc) is 2.69. The van der Waals surface area contributed by atoms with Gasteiger partial charge in [-0.1, -0.05) is 43.3 Å². The fourth-order valence-corrected chi connectivity index (χ4v) is 3.72. The van der Waals surface area contributed by atoms with Crippen molar-refractivity contribution in [3.63, 3.8) is 0 Å². The molecule has 1 saturated heterocycles. The first-order valence-electron chi connectivity index (χ1n) is 10.1. The minimum absolute atomic E-state index is 0.207. The highest BCUT2D eigenvalue weighted by atomic mass is 16.1. The van der Waals surface area contributed by atoms with E-state index in [1.165, 1.54) is 5.56 Å². The summed E-state index contributed by atoms with van der Waals surface area (Å²) in [6, 6.07) is 16.9. The van der Waals surface area contributed by atoms with Crippen LogP contribution < -0.4 is 5.32 Å². The Morgan fingerprint density at radius 1 is 1.15 bits per heavy atom. The minimum atomic E-state index is 0.207. The topological polar surface area (TPSA) is 45.2 Å². The second kappa shape index (κ2) is 10.2. The zero-order valence-electron chi connectivity index (χ0n) is 16.3. The summed E-state index contributed by atoms with van der Waals surface area (Å²) in [6.07, 6.45) is 6.62. The lowest BCUT2D eigenvalue weighted by atomic mass is 9.97. The summed E-state index contributed by atoms with van der Waals surface area (Å²) in [6.45, 7) is 5.12. The van der Waals surface area contributed by atoms with Gasteiger partial charge in [-0.05, 0) is 49.3 Å². The summed E-state index contributed by atoms with van der Waals surface area (Å²) in [5.74, 6) is 0.619. The molecule has 1 aromatic carbocycles. The van der Waals surface area contributed by atoms with Gasteiger partial charge in [-0.2, -0.15) is 0 Å². The highest BCUT2D eigenvalue weighted by Gasteiger charge is 2.21. The summed E-state index contributed by atoms with van der Waals surface area (Å²) in [7, 11) is 0. The Bertz CT molecular complexity index is 681. The molecule has 2 heterocycles. The average molecular weight is 366 g/mol. The fourth-order valence-electron chi connectivity index (χ4n) is 3.72. The van der Waals surface area contributed by atoms with E-state index in [0.29, 0.717) is 18.4 Å². The second-order valence-corrected chi connectivity index (χ2v) is 7.77.